The lowest BCUT2D eigenvalue weighted by Crippen LogP contribution is -2.37. The molecule has 9 nitrogen and oxygen atoms in total. The zero-order valence-corrected chi connectivity index (χ0v) is 27.9. The van der Waals surface area contributed by atoms with Gasteiger partial charge in [0, 0.05) is 12.8 Å². The largest absolute Gasteiger partial charge is 0.472 e. The number of likely N-dealkylation sites (N-methyl/N-ethyl adjacent to an activating group) is 1. The van der Waals surface area contributed by atoms with Crippen LogP contribution in [0, 0.1) is 0 Å². The second-order valence-corrected chi connectivity index (χ2v) is 13.7. The van der Waals surface area contributed by atoms with Crippen LogP contribution in [0.1, 0.15) is 136 Å². The summed E-state index contributed by atoms with van der Waals surface area (Å²) in [6.07, 6.45) is 18.8. The summed E-state index contributed by atoms with van der Waals surface area (Å²) < 4.78 is 33.9. The maximum atomic E-state index is 12.5. The first-order valence-electron chi connectivity index (χ1n) is 16.3. The van der Waals surface area contributed by atoms with E-state index in [4.69, 9.17) is 18.5 Å². The minimum absolute atomic E-state index is 0.0356. The molecule has 0 aromatic rings. The van der Waals surface area contributed by atoms with E-state index in [1.807, 2.05) is 21.1 Å². The van der Waals surface area contributed by atoms with Crippen molar-refractivity contribution in [3.05, 3.63) is 0 Å². The van der Waals surface area contributed by atoms with Gasteiger partial charge >= 0.3 is 19.8 Å². The van der Waals surface area contributed by atoms with E-state index in [1.54, 1.807) is 0 Å². The van der Waals surface area contributed by atoms with Crippen molar-refractivity contribution in [1.29, 1.82) is 0 Å². The monoisotopic (exact) mass is 608 g/mol. The summed E-state index contributed by atoms with van der Waals surface area (Å²) in [6, 6.07) is 0. The van der Waals surface area contributed by atoms with Crippen molar-refractivity contribution < 1.29 is 42.1 Å². The van der Waals surface area contributed by atoms with Crippen molar-refractivity contribution in [2.45, 2.75) is 142 Å². The van der Waals surface area contributed by atoms with Crippen LogP contribution < -0.4 is 0 Å². The predicted octanol–water partition coefficient (Wildman–Crippen LogP) is 7.73. The van der Waals surface area contributed by atoms with Gasteiger partial charge in [-0.05, 0) is 12.8 Å². The van der Waals surface area contributed by atoms with E-state index in [9.17, 15) is 19.0 Å². The van der Waals surface area contributed by atoms with Gasteiger partial charge in [0.05, 0.1) is 27.7 Å². The molecule has 0 fully saturated rings. The lowest BCUT2D eigenvalue weighted by molar-refractivity contribution is -0.870. The number of carbonyl (C=O) groups is 2. The molecule has 0 heterocycles. The summed E-state index contributed by atoms with van der Waals surface area (Å²) in [5, 5.41) is 0. The van der Waals surface area contributed by atoms with E-state index in [0.717, 1.165) is 32.1 Å². The molecule has 0 bridgehead atoms. The van der Waals surface area contributed by atoms with Gasteiger partial charge in [-0.3, -0.25) is 18.6 Å². The second kappa shape index (κ2) is 25.5. The third-order valence-corrected chi connectivity index (χ3v) is 7.87. The Bertz CT molecular complexity index is 698. The molecule has 2 atom stereocenters. The van der Waals surface area contributed by atoms with Crippen molar-refractivity contribution in [2.75, 3.05) is 47.5 Å². The summed E-state index contributed by atoms with van der Waals surface area (Å²) in [7, 11) is 1.48. The molecule has 41 heavy (non-hydrogen) atoms. The van der Waals surface area contributed by atoms with Crippen LogP contribution in [-0.2, 0) is 32.7 Å². The molecular formula is C31H63NO8P+. The molecule has 0 aromatic carbocycles. The Kier molecular flexibility index (Phi) is 24.9. The summed E-state index contributed by atoms with van der Waals surface area (Å²) in [6.45, 7) is 4.34. The Morgan fingerprint density at radius 2 is 1.10 bits per heavy atom. The highest BCUT2D eigenvalue weighted by Crippen LogP contribution is 2.43. The van der Waals surface area contributed by atoms with Crippen molar-refractivity contribution in [1.82, 2.24) is 0 Å². The molecule has 0 radical (unpaired) electrons. The number of rotatable bonds is 29. The van der Waals surface area contributed by atoms with E-state index in [2.05, 4.69) is 13.8 Å². The standard InChI is InChI=1S/C31H62NO8P/c1-6-8-10-12-14-16-18-19-21-23-30(33)37-27-29(28-39-41(35,36)38-26-25-32(3,4)5)40-31(34)24-22-20-17-15-13-11-9-7-2/h29H,6-28H2,1-5H3/p+1. The average molecular weight is 609 g/mol. The van der Waals surface area contributed by atoms with Crippen LogP contribution in [0.2, 0.25) is 0 Å². The summed E-state index contributed by atoms with van der Waals surface area (Å²) in [5.41, 5.74) is 0. The second-order valence-electron chi connectivity index (χ2n) is 12.2. The SMILES string of the molecule is CCCCCCCCCCCC(=O)OCC(COP(=O)(O)OCC[N+](C)(C)C)OC(=O)CCCCCCCCCC. The number of esters is 2. The fourth-order valence-electron chi connectivity index (χ4n) is 4.25. The van der Waals surface area contributed by atoms with E-state index in [0.29, 0.717) is 23.9 Å². The van der Waals surface area contributed by atoms with Gasteiger partial charge in [0.25, 0.3) is 0 Å². The van der Waals surface area contributed by atoms with Crippen molar-refractivity contribution in [3.63, 3.8) is 0 Å². The molecule has 0 amide bonds. The Labute approximate surface area is 251 Å². The van der Waals surface area contributed by atoms with Gasteiger partial charge in [0.2, 0.25) is 0 Å². The highest BCUT2D eigenvalue weighted by Gasteiger charge is 2.27. The molecular weight excluding hydrogens is 545 g/mol. The fourth-order valence-corrected chi connectivity index (χ4v) is 4.99. The minimum atomic E-state index is -4.34. The number of unbranched alkanes of at least 4 members (excludes halogenated alkanes) is 15. The first-order valence-corrected chi connectivity index (χ1v) is 17.8. The molecule has 0 saturated heterocycles. The van der Waals surface area contributed by atoms with Crippen LogP contribution >= 0.6 is 7.82 Å². The zero-order valence-electron chi connectivity index (χ0n) is 27.0. The van der Waals surface area contributed by atoms with Crippen molar-refractivity contribution in [2.24, 2.45) is 0 Å². The van der Waals surface area contributed by atoms with Crippen molar-refractivity contribution >= 4 is 19.8 Å². The smallest absolute Gasteiger partial charge is 0.462 e. The maximum Gasteiger partial charge on any atom is 0.472 e. The summed E-state index contributed by atoms with van der Waals surface area (Å²) in [4.78, 5) is 34.8. The summed E-state index contributed by atoms with van der Waals surface area (Å²) in [5.74, 6) is -0.804. The predicted molar refractivity (Wildman–Crippen MR) is 165 cm³/mol. The number of hydrogen-bond donors (Lipinski definition) is 1. The van der Waals surface area contributed by atoms with Crippen LogP contribution in [-0.4, -0.2) is 74.9 Å². The first kappa shape index (κ1) is 40.0. The average Bonchev–Trinajstić information content (AvgIpc) is 2.90. The van der Waals surface area contributed by atoms with Gasteiger partial charge < -0.3 is 18.9 Å². The topological polar surface area (TPSA) is 108 Å². The molecule has 0 rings (SSSR count). The van der Waals surface area contributed by atoms with Gasteiger partial charge in [0.1, 0.15) is 19.8 Å². The molecule has 244 valence electrons. The fraction of sp³-hybridized carbons (Fsp3) is 0.935. The number of carbonyl (C=O) groups excluding carboxylic acids is 2. The first-order chi connectivity index (χ1) is 19.5. The van der Waals surface area contributed by atoms with Gasteiger partial charge in [-0.1, -0.05) is 110 Å². The Balaban J connectivity index is 4.52. The van der Waals surface area contributed by atoms with Gasteiger partial charge in [0.15, 0.2) is 6.10 Å². The normalized spacial score (nSPS) is 14.0. The Hall–Kier alpha value is -0.990. The van der Waals surface area contributed by atoms with E-state index >= 15 is 0 Å². The van der Waals surface area contributed by atoms with E-state index in [1.165, 1.54) is 70.6 Å². The molecule has 2 unspecified atom stereocenters. The number of ether oxygens (including phenoxy) is 2. The molecule has 0 aliphatic carbocycles. The number of phosphoric acid groups is 1. The lowest BCUT2D eigenvalue weighted by atomic mass is 10.1. The molecule has 10 heteroatoms. The number of quaternary nitrogens is 1. The van der Waals surface area contributed by atoms with Crippen molar-refractivity contribution in [3.8, 4) is 0 Å². The minimum Gasteiger partial charge on any atom is -0.462 e. The number of nitrogens with zero attached hydrogens (tertiary/aromatic N) is 1. The van der Waals surface area contributed by atoms with Crippen LogP contribution in [0.5, 0.6) is 0 Å². The third kappa shape index (κ3) is 28.9. The van der Waals surface area contributed by atoms with Crippen LogP contribution in [0.3, 0.4) is 0 Å². The van der Waals surface area contributed by atoms with Gasteiger partial charge in [-0.25, -0.2) is 4.57 Å². The molecule has 0 aliphatic heterocycles. The van der Waals surface area contributed by atoms with Crippen LogP contribution in [0.25, 0.3) is 0 Å². The zero-order chi connectivity index (χ0) is 30.8. The maximum absolute atomic E-state index is 12.5. The number of phosphoric ester groups is 1. The molecule has 0 spiro atoms. The van der Waals surface area contributed by atoms with E-state index < -0.39 is 26.5 Å². The Morgan fingerprint density at radius 3 is 1.56 bits per heavy atom. The third-order valence-electron chi connectivity index (χ3n) is 6.89. The van der Waals surface area contributed by atoms with Crippen LogP contribution in [0.4, 0.5) is 0 Å². The highest BCUT2D eigenvalue weighted by molar-refractivity contribution is 7.47. The molecule has 0 aromatic heterocycles. The van der Waals surface area contributed by atoms with Gasteiger partial charge in [-0.2, -0.15) is 0 Å². The lowest BCUT2D eigenvalue weighted by Gasteiger charge is -2.24. The summed E-state index contributed by atoms with van der Waals surface area (Å²) >= 11 is 0. The van der Waals surface area contributed by atoms with E-state index in [-0.39, 0.29) is 25.6 Å². The van der Waals surface area contributed by atoms with Gasteiger partial charge in [-0.15, -0.1) is 0 Å². The number of hydrogen-bond acceptors (Lipinski definition) is 7. The molecule has 0 aliphatic rings. The highest BCUT2D eigenvalue weighted by atomic mass is 31.2. The Morgan fingerprint density at radius 1 is 0.659 bits per heavy atom. The quantitative estimate of drug-likeness (QED) is 0.0398. The molecule has 1 N–H and O–H groups in total. The van der Waals surface area contributed by atoms with Crippen LogP contribution in [0.15, 0.2) is 0 Å². The molecule has 0 saturated carbocycles.